The van der Waals surface area contributed by atoms with Gasteiger partial charge in [-0.25, -0.2) is 0 Å². The Bertz CT molecular complexity index is 466. The van der Waals surface area contributed by atoms with Gasteiger partial charge in [0.1, 0.15) is 11.5 Å². The molecule has 1 saturated heterocycles. The highest BCUT2D eigenvalue weighted by Gasteiger charge is 2.24. The molecule has 2 N–H and O–H groups in total. The van der Waals surface area contributed by atoms with Crippen molar-refractivity contribution in [3.63, 3.8) is 0 Å². The first kappa shape index (κ1) is 15.6. The van der Waals surface area contributed by atoms with E-state index in [-0.39, 0.29) is 5.91 Å². The van der Waals surface area contributed by atoms with Crippen LogP contribution in [0.2, 0.25) is 0 Å². The number of ether oxygens (including phenoxy) is 2. The number of carbonyl (C=O) groups is 1. The minimum absolute atomic E-state index is 0.0360. The highest BCUT2D eigenvalue weighted by Crippen LogP contribution is 2.26. The molecular formula is C16H24N2O3. The van der Waals surface area contributed by atoms with Crippen LogP contribution in [0, 0.1) is 5.92 Å². The van der Waals surface area contributed by atoms with Crippen LogP contribution in [-0.4, -0.2) is 44.7 Å². The van der Waals surface area contributed by atoms with Gasteiger partial charge in [0, 0.05) is 24.7 Å². The van der Waals surface area contributed by atoms with E-state index in [9.17, 15) is 4.79 Å². The summed E-state index contributed by atoms with van der Waals surface area (Å²) in [5, 5.41) is 0. The molecule has 0 bridgehead atoms. The van der Waals surface area contributed by atoms with Gasteiger partial charge in [0.2, 0.25) is 0 Å². The Morgan fingerprint density at radius 3 is 2.52 bits per heavy atom. The Kier molecular flexibility index (Phi) is 5.44. The molecule has 1 aromatic rings. The number of rotatable bonds is 5. The summed E-state index contributed by atoms with van der Waals surface area (Å²) in [6, 6.07) is 5.29. The van der Waals surface area contributed by atoms with Gasteiger partial charge in [-0.3, -0.25) is 4.79 Å². The Hall–Kier alpha value is -1.75. The van der Waals surface area contributed by atoms with E-state index in [1.807, 2.05) is 4.90 Å². The normalized spacial score (nSPS) is 18.4. The number of nitrogens with zero attached hydrogens (tertiary/aromatic N) is 1. The SMILES string of the molecule is COc1cc(OC)cc(C(=O)N2CCCC(CCN)C2)c1. The fourth-order valence-electron chi connectivity index (χ4n) is 2.83. The van der Waals surface area contributed by atoms with Gasteiger partial charge in [0.25, 0.3) is 5.91 Å². The minimum atomic E-state index is 0.0360. The Morgan fingerprint density at radius 2 is 1.95 bits per heavy atom. The first-order valence-corrected chi connectivity index (χ1v) is 7.40. The molecule has 1 aliphatic heterocycles. The Balaban J connectivity index is 2.15. The van der Waals surface area contributed by atoms with Crippen LogP contribution in [0.3, 0.4) is 0 Å². The van der Waals surface area contributed by atoms with Gasteiger partial charge in [0.05, 0.1) is 14.2 Å². The maximum absolute atomic E-state index is 12.7. The van der Waals surface area contributed by atoms with Crippen molar-refractivity contribution in [3.8, 4) is 11.5 Å². The number of hydrogen-bond donors (Lipinski definition) is 1. The third-order valence-corrected chi connectivity index (χ3v) is 3.98. The van der Waals surface area contributed by atoms with E-state index in [1.165, 1.54) is 0 Å². The maximum atomic E-state index is 12.7. The van der Waals surface area contributed by atoms with E-state index in [0.29, 0.717) is 29.5 Å². The van der Waals surface area contributed by atoms with Crippen molar-refractivity contribution < 1.29 is 14.3 Å². The quantitative estimate of drug-likeness (QED) is 0.900. The molecule has 2 rings (SSSR count). The van der Waals surface area contributed by atoms with Crippen LogP contribution in [-0.2, 0) is 0 Å². The summed E-state index contributed by atoms with van der Waals surface area (Å²) in [6.07, 6.45) is 3.17. The van der Waals surface area contributed by atoms with Crippen LogP contribution in [0.1, 0.15) is 29.6 Å². The van der Waals surface area contributed by atoms with Crippen molar-refractivity contribution in [2.24, 2.45) is 11.7 Å². The highest BCUT2D eigenvalue weighted by atomic mass is 16.5. The van der Waals surface area contributed by atoms with Crippen LogP contribution in [0.15, 0.2) is 18.2 Å². The first-order chi connectivity index (χ1) is 10.2. The van der Waals surface area contributed by atoms with E-state index in [1.54, 1.807) is 32.4 Å². The van der Waals surface area contributed by atoms with Crippen LogP contribution >= 0.6 is 0 Å². The van der Waals surface area contributed by atoms with Gasteiger partial charge in [-0.15, -0.1) is 0 Å². The van der Waals surface area contributed by atoms with Crippen molar-refractivity contribution in [1.29, 1.82) is 0 Å². The number of likely N-dealkylation sites (tertiary alicyclic amines) is 1. The number of amides is 1. The second-order valence-electron chi connectivity index (χ2n) is 5.44. The molecule has 1 heterocycles. The summed E-state index contributed by atoms with van der Waals surface area (Å²) < 4.78 is 10.5. The lowest BCUT2D eigenvalue weighted by atomic mass is 9.94. The lowest BCUT2D eigenvalue weighted by Gasteiger charge is -2.32. The number of benzene rings is 1. The fraction of sp³-hybridized carbons (Fsp3) is 0.562. The summed E-state index contributed by atoms with van der Waals surface area (Å²) in [7, 11) is 3.17. The second kappa shape index (κ2) is 7.31. The van der Waals surface area contributed by atoms with Gasteiger partial charge in [-0.1, -0.05) is 0 Å². The van der Waals surface area contributed by atoms with Crippen LogP contribution in [0.25, 0.3) is 0 Å². The Labute approximate surface area is 126 Å². The zero-order valence-corrected chi connectivity index (χ0v) is 12.8. The zero-order valence-electron chi connectivity index (χ0n) is 12.8. The molecule has 21 heavy (non-hydrogen) atoms. The van der Waals surface area contributed by atoms with Crippen molar-refractivity contribution >= 4 is 5.91 Å². The Morgan fingerprint density at radius 1 is 1.29 bits per heavy atom. The molecule has 1 amide bonds. The van der Waals surface area contributed by atoms with Gasteiger partial charge in [-0.05, 0) is 43.9 Å². The van der Waals surface area contributed by atoms with Gasteiger partial charge < -0.3 is 20.1 Å². The smallest absolute Gasteiger partial charge is 0.254 e. The van der Waals surface area contributed by atoms with E-state index in [0.717, 1.165) is 32.4 Å². The molecule has 1 fully saturated rings. The van der Waals surface area contributed by atoms with Crippen LogP contribution in [0.4, 0.5) is 0 Å². The third-order valence-electron chi connectivity index (χ3n) is 3.98. The van der Waals surface area contributed by atoms with Crippen LogP contribution in [0.5, 0.6) is 11.5 Å². The van der Waals surface area contributed by atoms with Crippen molar-refractivity contribution in [3.05, 3.63) is 23.8 Å². The minimum Gasteiger partial charge on any atom is -0.497 e. The summed E-state index contributed by atoms with van der Waals surface area (Å²) in [5.41, 5.74) is 6.24. The molecule has 1 aromatic carbocycles. The van der Waals surface area contributed by atoms with Crippen molar-refractivity contribution in [2.75, 3.05) is 33.9 Å². The fourth-order valence-corrected chi connectivity index (χ4v) is 2.83. The topological polar surface area (TPSA) is 64.8 Å². The summed E-state index contributed by atoms with van der Waals surface area (Å²) in [4.78, 5) is 14.6. The van der Waals surface area contributed by atoms with Gasteiger partial charge in [0.15, 0.2) is 0 Å². The van der Waals surface area contributed by atoms with E-state index < -0.39 is 0 Å². The average Bonchev–Trinajstić information content (AvgIpc) is 2.54. The number of methoxy groups -OCH3 is 2. The molecule has 0 aliphatic carbocycles. The molecule has 0 spiro atoms. The average molecular weight is 292 g/mol. The molecule has 1 aliphatic rings. The van der Waals surface area contributed by atoms with E-state index in [4.69, 9.17) is 15.2 Å². The first-order valence-electron chi connectivity index (χ1n) is 7.40. The molecule has 1 atom stereocenters. The highest BCUT2D eigenvalue weighted by molar-refractivity contribution is 5.95. The number of piperidine rings is 1. The molecular weight excluding hydrogens is 268 g/mol. The lowest BCUT2D eigenvalue weighted by Crippen LogP contribution is -2.40. The molecule has 0 radical (unpaired) electrons. The van der Waals surface area contributed by atoms with Gasteiger partial charge >= 0.3 is 0 Å². The predicted molar refractivity (Wildman–Crippen MR) is 81.8 cm³/mol. The zero-order chi connectivity index (χ0) is 15.2. The molecule has 1 unspecified atom stereocenters. The number of carbonyl (C=O) groups excluding carboxylic acids is 1. The molecule has 116 valence electrons. The molecule has 0 saturated carbocycles. The van der Waals surface area contributed by atoms with Crippen molar-refractivity contribution in [1.82, 2.24) is 4.90 Å². The molecule has 5 nitrogen and oxygen atoms in total. The van der Waals surface area contributed by atoms with E-state index >= 15 is 0 Å². The largest absolute Gasteiger partial charge is 0.497 e. The predicted octanol–water partition coefficient (Wildman–Crippen LogP) is 1.90. The second-order valence-corrected chi connectivity index (χ2v) is 5.44. The number of hydrogen-bond acceptors (Lipinski definition) is 4. The summed E-state index contributed by atoms with van der Waals surface area (Å²) in [6.45, 7) is 2.27. The van der Waals surface area contributed by atoms with Crippen LogP contribution < -0.4 is 15.2 Å². The maximum Gasteiger partial charge on any atom is 0.254 e. The summed E-state index contributed by atoms with van der Waals surface area (Å²) >= 11 is 0. The van der Waals surface area contributed by atoms with Crippen molar-refractivity contribution in [2.45, 2.75) is 19.3 Å². The lowest BCUT2D eigenvalue weighted by molar-refractivity contribution is 0.0669. The molecule has 0 aromatic heterocycles. The van der Waals surface area contributed by atoms with E-state index in [2.05, 4.69) is 0 Å². The number of nitrogens with two attached hydrogens (primary N) is 1. The third kappa shape index (κ3) is 3.88. The molecule has 5 heteroatoms. The monoisotopic (exact) mass is 292 g/mol. The summed E-state index contributed by atoms with van der Waals surface area (Å²) in [5.74, 6) is 1.82. The standard InChI is InChI=1S/C16H24N2O3/c1-20-14-8-13(9-15(10-14)21-2)16(19)18-7-3-4-12(11-18)5-6-17/h8-10,12H,3-7,11,17H2,1-2H3. The van der Waals surface area contributed by atoms with Gasteiger partial charge in [-0.2, -0.15) is 0 Å².